The first-order valence-electron chi connectivity index (χ1n) is 9.17. The van der Waals surface area contributed by atoms with Crippen LogP contribution in [0.5, 0.6) is 0 Å². The van der Waals surface area contributed by atoms with Crippen molar-refractivity contribution in [1.82, 2.24) is 14.9 Å². The number of benzene rings is 1. The second kappa shape index (κ2) is 8.29. The van der Waals surface area contributed by atoms with E-state index in [4.69, 9.17) is 0 Å². The van der Waals surface area contributed by atoms with Gasteiger partial charge in [0.15, 0.2) is 0 Å². The van der Waals surface area contributed by atoms with Crippen molar-refractivity contribution in [2.75, 3.05) is 26.2 Å². The molecular formula is C18H27N3O3S. The zero-order valence-electron chi connectivity index (χ0n) is 14.5. The second-order valence-electron chi connectivity index (χ2n) is 6.94. The minimum atomic E-state index is -3.53. The van der Waals surface area contributed by atoms with E-state index in [9.17, 15) is 13.2 Å². The molecule has 1 amide bonds. The number of carbonyl (C=O) groups is 1. The van der Waals surface area contributed by atoms with Crippen LogP contribution in [0, 0.1) is 0 Å². The van der Waals surface area contributed by atoms with Crippen molar-refractivity contribution in [3.63, 3.8) is 0 Å². The van der Waals surface area contributed by atoms with Gasteiger partial charge in [-0.05, 0) is 57.0 Å². The van der Waals surface area contributed by atoms with Crippen molar-refractivity contribution in [3.05, 3.63) is 29.8 Å². The summed E-state index contributed by atoms with van der Waals surface area (Å²) in [5, 5.41) is 2.90. The molecule has 1 aliphatic carbocycles. The van der Waals surface area contributed by atoms with E-state index in [1.54, 1.807) is 12.1 Å². The van der Waals surface area contributed by atoms with E-state index in [1.807, 2.05) is 0 Å². The molecule has 1 aromatic carbocycles. The molecule has 3 rings (SSSR count). The first-order chi connectivity index (χ1) is 12.0. The van der Waals surface area contributed by atoms with Crippen LogP contribution in [0.15, 0.2) is 29.2 Å². The Kier molecular flexibility index (Phi) is 6.09. The van der Waals surface area contributed by atoms with Gasteiger partial charge in [0, 0.05) is 24.7 Å². The summed E-state index contributed by atoms with van der Waals surface area (Å²) in [7, 11) is -3.53. The Morgan fingerprint density at radius 2 is 1.84 bits per heavy atom. The fourth-order valence-electron chi connectivity index (χ4n) is 3.08. The van der Waals surface area contributed by atoms with Gasteiger partial charge in [0.25, 0.3) is 5.91 Å². The zero-order chi connectivity index (χ0) is 17.7. The van der Waals surface area contributed by atoms with Crippen LogP contribution >= 0.6 is 0 Å². The normalized spacial score (nSPS) is 19.4. The summed E-state index contributed by atoms with van der Waals surface area (Å²) in [6.07, 6.45) is 6.80. The molecule has 1 heterocycles. The van der Waals surface area contributed by atoms with Crippen LogP contribution < -0.4 is 10.0 Å². The van der Waals surface area contributed by atoms with Gasteiger partial charge in [0.05, 0.1) is 4.90 Å². The lowest BCUT2D eigenvalue weighted by Crippen LogP contribution is -2.35. The fourth-order valence-corrected chi connectivity index (χ4v) is 4.43. The first-order valence-corrected chi connectivity index (χ1v) is 10.7. The molecule has 0 bridgehead atoms. The molecule has 1 aromatic rings. The Labute approximate surface area is 150 Å². The molecule has 2 N–H and O–H groups in total. The lowest BCUT2D eigenvalue weighted by atomic mass is 10.2. The van der Waals surface area contributed by atoms with Crippen LogP contribution in [0.1, 0.15) is 48.9 Å². The number of hydrogen-bond donors (Lipinski definition) is 2. The molecule has 0 unspecified atom stereocenters. The molecule has 6 nitrogen and oxygen atoms in total. The van der Waals surface area contributed by atoms with Crippen LogP contribution in [-0.2, 0) is 10.0 Å². The molecule has 2 fully saturated rings. The minimum Gasteiger partial charge on any atom is -0.351 e. The standard InChI is InChI=1S/C18H27N3O3S/c22-18(19-10-13-21-11-3-1-2-4-12-21)15-6-5-7-17(14-15)25(23,24)20-16-8-9-16/h5-7,14,16,20H,1-4,8-13H2,(H,19,22). The molecular weight excluding hydrogens is 338 g/mol. The maximum atomic E-state index is 12.3. The van der Waals surface area contributed by atoms with Gasteiger partial charge in [-0.3, -0.25) is 4.79 Å². The van der Waals surface area contributed by atoms with E-state index in [-0.39, 0.29) is 16.8 Å². The van der Waals surface area contributed by atoms with Gasteiger partial charge < -0.3 is 10.2 Å². The molecule has 25 heavy (non-hydrogen) atoms. The Morgan fingerprint density at radius 3 is 2.52 bits per heavy atom. The molecule has 7 heteroatoms. The molecule has 0 radical (unpaired) electrons. The number of amides is 1. The van der Waals surface area contributed by atoms with E-state index >= 15 is 0 Å². The van der Waals surface area contributed by atoms with Crippen LogP contribution in [0.4, 0.5) is 0 Å². The topological polar surface area (TPSA) is 78.5 Å². The number of nitrogens with one attached hydrogen (secondary N) is 2. The zero-order valence-corrected chi connectivity index (χ0v) is 15.4. The summed E-state index contributed by atoms with van der Waals surface area (Å²) >= 11 is 0. The summed E-state index contributed by atoms with van der Waals surface area (Å²) < 4.78 is 27.2. The average Bonchev–Trinajstić information content (AvgIpc) is 3.42. The molecule has 2 aliphatic rings. The maximum absolute atomic E-state index is 12.3. The molecule has 1 saturated carbocycles. The Morgan fingerprint density at radius 1 is 1.12 bits per heavy atom. The van der Waals surface area contributed by atoms with E-state index in [1.165, 1.54) is 37.8 Å². The third-order valence-corrected chi connectivity index (χ3v) is 6.24. The average molecular weight is 365 g/mol. The molecule has 1 aliphatic heterocycles. The quantitative estimate of drug-likeness (QED) is 0.771. The molecule has 0 aromatic heterocycles. The van der Waals surface area contributed by atoms with Gasteiger partial charge in [-0.1, -0.05) is 18.9 Å². The van der Waals surface area contributed by atoms with Crippen LogP contribution in [0.3, 0.4) is 0 Å². The van der Waals surface area contributed by atoms with Crippen molar-refractivity contribution in [1.29, 1.82) is 0 Å². The lowest BCUT2D eigenvalue weighted by molar-refractivity contribution is 0.0948. The summed E-state index contributed by atoms with van der Waals surface area (Å²) in [4.78, 5) is 14.9. The van der Waals surface area contributed by atoms with Crippen LogP contribution in [0.2, 0.25) is 0 Å². The number of sulfonamides is 1. The summed E-state index contributed by atoms with van der Waals surface area (Å²) in [6, 6.07) is 6.30. The predicted molar refractivity (Wildman–Crippen MR) is 97.0 cm³/mol. The van der Waals surface area contributed by atoms with Gasteiger partial charge in [0.1, 0.15) is 0 Å². The number of rotatable bonds is 7. The molecule has 138 valence electrons. The third kappa shape index (κ3) is 5.52. The number of carbonyl (C=O) groups excluding carboxylic acids is 1. The van der Waals surface area contributed by atoms with E-state index in [0.29, 0.717) is 12.1 Å². The lowest BCUT2D eigenvalue weighted by Gasteiger charge is -2.19. The first kappa shape index (κ1) is 18.4. The summed E-state index contributed by atoms with van der Waals surface area (Å²) in [5.74, 6) is -0.224. The van der Waals surface area contributed by atoms with Gasteiger partial charge >= 0.3 is 0 Å². The van der Waals surface area contributed by atoms with E-state index in [0.717, 1.165) is 32.5 Å². The van der Waals surface area contributed by atoms with Gasteiger partial charge in [-0.15, -0.1) is 0 Å². The highest BCUT2D eigenvalue weighted by molar-refractivity contribution is 7.89. The van der Waals surface area contributed by atoms with Gasteiger partial charge in [-0.25, -0.2) is 13.1 Å². The Bertz CT molecular complexity index is 693. The third-order valence-electron chi connectivity index (χ3n) is 4.72. The monoisotopic (exact) mass is 365 g/mol. The van der Waals surface area contributed by atoms with E-state index < -0.39 is 10.0 Å². The second-order valence-corrected chi connectivity index (χ2v) is 8.65. The van der Waals surface area contributed by atoms with Crippen LogP contribution in [-0.4, -0.2) is 51.4 Å². The SMILES string of the molecule is O=C(NCCN1CCCCCC1)c1cccc(S(=O)(=O)NC2CC2)c1. The highest BCUT2D eigenvalue weighted by Crippen LogP contribution is 2.22. The van der Waals surface area contributed by atoms with Crippen molar-refractivity contribution in [2.24, 2.45) is 0 Å². The Balaban J connectivity index is 1.54. The number of likely N-dealkylation sites (tertiary alicyclic amines) is 1. The molecule has 0 spiro atoms. The van der Waals surface area contributed by atoms with Crippen molar-refractivity contribution >= 4 is 15.9 Å². The highest BCUT2D eigenvalue weighted by atomic mass is 32.2. The van der Waals surface area contributed by atoms with Crippen molar-refractivity contribution < 1.29 is 13.2 Å². The van der Waals surface area contributed by atoms with Gasteiger partial charge in [0.2, 0.25) is 10.0 Å². The smallest absolute Gasteiger partial charge is 0.251 e. The molecule has 1 saturated heterocycles. The minimum absolute atomic E-state index is 0.0520. The molecule has 0 atom stereocenters. The summed E-state index contributed by atoms with van der Waals surface area (Å²) in [6.45, 7) is 3.61. The van der Waals surface area contributed by atoms with Crippen molar-refractivity contribution in [3.8, 4) is 0 Å². The van der Waals surface area contributed by atoms with Gasteiger partial charge in [-0.2, -0.15) is 0 Å². The highest BCUT2D eigenvalue weighted by Gasteiger charge is 2.28. The number of hydrogen-bond acceptors (Lipinski definition) is 4. The predicted octanol–water partition coefficient (Wildman–Crippen LogP) is 1.73. The van der Waals surface area contributed by atoms with Crippen molar-refractivity contribution in [2.45, 2.75) is 49.5 Å². The largest absolute Gasteiger partial charge is 0.351 e. The fraction of sp³-hybridized carbons (Fsp3) is 0.611. The van der Waals surface area contributed by atoms with Crippen LogP contribution in [0.25, 0.3) is 0 Å². The number of nitrogens with zero attached hydrogens (tertiary/aromatic N) is 1. The summed E-state index contributed by atoms with van der Waals surface area (Å²) in [5.41, 5.74) is 0.384. The van der Waals surface area contributed by atoms with E-state index in [2.05, 4.69) is 14.9 Å². The maximum Gasteiger partial charge on any atom is 0.251 e. The Hall–Kier alpha value is -1.44.